The molecule has 3 aromatic rings. The zero-order chi connectivity index (χ0) is 19.3. The average Bonchev–Trinajstić information content (AvgIpc) is 3.28. The minimum Gasteiger partial charge on any atom is -0.477 e. The fourth-order valence-electron chi connectivity index (χ4n) is 3.38. The van der Waals surface area contributed by atoms with Gasteiger partial charge < -0.3 is 9.64 Å². The van der Waals surface area contributed by atoms with Gasteiger partial charge in [-0.05, 0) is 31.0 Å². The van der Waals surface area contributed by atoms with Crippen LogP contribution in [-0.2, 0) is 0 Å². The summed E-state index contributed by atoms with van der Waals surface area (Å²) < 4.78 is 18.6. The molecule has 3 heterocycles. The number of hydrogen-bond acceptors (Lipinski definition) is 5. The molecule has 4 rings (SSSR count). The molecule has 2 aromatic heterocycles. The van der Waals surface area contributed by atoms with Crippen molar-refractivity contribution in [2.45, 2.75) is 12.8 Å². The Bertz CT molecular complexity index is 930. The molecule has 0 saturated carbocycles. The number of rotatable bonds is 5. The van der Waals surface area contributed by atoms with Crippen molar-refractivity contribution >= 4 is 5.91 Å². The lowest BCUT2D eigenvalue weighted by Gasteiger charge is -2.33. The van der Waals surface area contributed by atoms with Crippen molar-refractivity contribution in [1.82, 2.24) is 24.9 Å². The Balaban J connectivity index is 1.43. The van der Waals surface area contributed by atoms with E-state index in [1.165, 1.54) is 16.9 Å². The minimum absolute atomic E-state index is 0.0440. The van der Waals surface area contributed by atoms with Crippen molar-refractivity contribution in [2.24, 2.45) is 5.92 Å². The molecule has 1 amide bonds. The van der Waals surface area contributed by atoms with Gasteiger partial charge in [-0.15, -0.1) is 0 Å². The normalized spacial score (nSPS) is 16.8. The highest BCUT2D eigenvalue weighted by molar-refractivity contribution is 5.97. The van der Waals surface area contributed by atoms with E-state index >= 15 is 0 Å². The number of hydrogen-bond donors (Lipinski definition) is 0. The minimum atomic E-state index is -0.396. The quantitative estimate of drug-likeness (QED) is 0.679. The molecule has 0 bridgehead atoms. The van der Waals surface area contributed by atoms with Gasteiger partial charge in [-0.2, -0.15) is 15.0 Å². The lowest BCUT2D eigenvalue weighted by atomic mass is 9.98. The van der Waals surface area contributed by atoms with Crippen LogP contribution in [0.3, 0.4) is 0 Å². The van der Waals surface area contributed by atoms with Crippen LogP contribution in [0.4, 0.5) is 4.39 Å². The van der Waals surface area contributed by atoms with E-state index in [0.29, 0.717) is 36.8 Å². The Labute approximate surface area is 161 Å². The number of halogens is 1. The molecule has 144 valence electrons. The summed E-state index contributed by atoms with van der Waals surface area (Å²) in [5.41, 5.74) is 1.23. The van der Waals surface area contributed by atoms with Gasteiger partial charge in [0.05, 0.1) is 36.4 Å². The van der Waals surface area contributed by atoms with Gasteiger partial charge >= 0.3 is 0 Å². The highest BCUT2D eigenvalue weighted by Crippen LogP contribution is 2.22. The van der Waals surface area contributed by atoms with Crippen molar-refractivity contribution in [1.29, 1.82) is 0 Å². The van der Waals surface area contributed by atoms with E-state index in [1.54, 1.807) is 18.5 Å². The van der Waals surface area contributed by atoms with E-state index in [-0.39, 0.29) is 11.8 Å². The molecule has 1 atom stereocenters. The maximum Gasteiger partial charge on any atom is 0.256 e. The van der Waals surface area contributed by atoms with E-state index < -0.39 is 5.82 Å². The van der Waals surface area contributed by atoms with E-state index in [2.05, 4.69) is 15.2 Å². The zero-order valence-corrected chi connectivity index (χ0v) is 15.2. The monoisotopic (exact) mass is 381 g/mol. The van der Waals surface area contributed by atoms with Gasteiger partial charge in [0.25, 0.3) is 5.91 Å². The van der Waals surface area contributed by atoms with Crippen molar-refractivity contribution in [3.05, 3.63) is 66.4 Å². The molecule has 7 nitrogen and oxygen atoms in total. The fourth-order valence-corrected chi connectivity index (χ4v) is 3.38. The van der Waals surface area contributed by atoms with Gasteiger partial charge in [0.1, 0.15) is 5.82 Å². The van der Waals surface area contributed by atoms with Crippen LogP contribution in [0.5, 0.6) is 5.88 Å². The third-order valence-corrected chi connectivity index (χ3v) is 4.74. The molecular formula is C20H20FN5O2. The summed E-state index contributed by atoms with van der Waals surface area (Å²) in [5.74, 6) is 0.143. The number of carbonyl (C=O) groups excluding carboxylic acids is 1. The van der Waals surface area contributed by atoms with Gasteiger partial charge in [-0.1, -0.05) is 12.1 Å². The molecular weight excluding hydrogens is 361 g/mol. The molecule has 0 N–H and O–H groups in total. The van der Waals surface area contributed by atoms with Crippen molar-refractivity contribution in [2.75, 3.05) is 19.7 Å². The van der Waals surface area contributed by atoms with E-state index in [1.807, 2.05) is 23.1 Å². The molecule has 0 aliphatic carbocycles. The molecule has 0 radical (unpaired) electrons. The summed E-state index contributed by atoms with van der Waals surface area (Å²) in [5, 5.41) is 8.28. The van der Waals surface area contributed by atoms with Crippen molar-refractivity contribution < 1.29 is 13.9 Å². The highest BCUT2D eigenvalue weighted by Gasteiger charge is 2.27. The Hall–Kier alpha value is -3.29. The predicted molar refractivity (Wildman–Crippen MR) is 99.7 cm³/mol. The summed E-state index contributed by atoms with van der Waals surface area (Å²) in [6, 6.07) is 10.2. The Morgan fingerprint density at radius 3 is 2.79 bits per heavy atom. The number of aromatic nitrogens is 4. The number of likely N-dealkylation sites (tertiary alicyclic amines) is 1. The van der Waals surface area contributed by atoms with E-state index in [9.17, 15) is 9.18 Å². The van der Waals surface area contributed by atoms with Crippen molar-refractivity contribution in [3.63, 3.8) is 0 Å². The van der Waals surface area contributed by atoms with Crippen LogP contribution in [0.1, 0.15) is 23.2 Å². The molecule has 1 aromatic carbocycles. The number of amides is 1. The van der Waals surface area contributed by atoms with Crippen LogP contribution in [0, 0.1) is 11.7 Å². The number of para-hydroxylation sites is 1. The summed E-state index contributed by atoms with van der Waals surface area (Å²) >= 11 is 0. The van der Waals surface area contributed by atoms with E-state index in [4.69, 9.17) is 4.74 Å². The molecule has 1 fully saturated rings. The smallest absolute Gasteiger partial charge is 0.256 e. The average molecular weight is 381 g/mol. The first-order valence-corrected chi connectivity index (χ1v) is 9.20. The summed E-state index contributed by atoms with van der Waals surface area (Å²) in [6.45, 7) is 1.73. The zero-order valence-electron chi connectivity index (χ0n) is 15.2. The predicted octanol–water partition coefficient (Wildman–Crippen LogP) is 2.73. The number of carbonyl (C=O) groups is 1. The van der Waals surface area contributed by atoms with Crippen LogP contribution in [0.25, 0.3) is 5.69 Å². The third kappa shape index (κ3) is 4.00. The molecule has 8 heteroatoms. The maximum atomic E-state index is 13.1. The highest BCUT2D eigenvalue weighted by atomic mass is 19.1. The van der Waals surface area contributed by atoms with Gasteiger partial charge in [0.2, 0.25) is 5.88 Å². The first kappa shape index (κ1) is 18.1. The number of piperidine rings is 1. The lowest BCUT2D eigenvalue weighted by molar-refractivity contribution is 0.0631. The first-order chi connectivity index (χ1) is 13.7. The summed E-state index contributed by atoms with van der Waals surface area (Å²) in [4.78, 5) is 20.3. The van der Waals surface area contributed by atoms with Crippen LogP contribution in [0.2, 0.25) is 0 Å². The second-order valence-electron chi connectivity index (χ2n) is 6.72. The maximum absolute atomic E-state index is 13.1. The SMILES string of the molecule is O=C(c1ccccc1-n1nccn1)N1CCCC(COc2ccc(F)cn2)C1. The van der Waals surface area contributed by atoms with Crippen molar-refractivity contribution in [3.8, 4) is 11.6 Å². The molecule has 0 spiro atoms. The third-order valence-electron chi connectivity index (χ3n) is 4.74. The molecule has 28 heavy (non-hydrogen) atoms. The Kier molecular flexibility index (Phi) is 5.27. The van der Waals surface area contributed by atoms with Crippen LogP contribution in [0.15, 0.2) is 55.0 Å². The number of benzene rings is 1. The number of nitrogens with zero attached hydrogens (tertiary/aromatic N) is 5. The number of ether oxygens (including phenoxy) is 1. The van der Waals surface area contributed by atoms with Crippen LogP contribution < -0.4 is 4.74 Å². The van der Waals surface area contributed by atoms with Gasteiger partial charge in [0.15, 0.2) is 0 Å². The van der Waals surface area contributed by atoms with Gasteiger partial charge in [0, 0.05) is 25.1 Å². The molecule has 1 aliphatic heterocycles. The van der Waals surface area contributed by atoms with E-state index in [0.717, 1.165) is 19.0 Å². The summed E-state index contributed by atoms with van der Waals surface area (Å²) in [7, 11) is 0. The second kappa shape index (κ2) is 8.16. The Morgan fingerprint density at radius 2 is 2.00 bits per heavy atom. The van der Waals surface area contributed by atoms with Gasteiger partial charge in [-0.3, -0.25) is 4.79 Å². The number of pyridine rings is 1. The standard InChI is InChI=1S/C20H20FN5O2/c21-16-7-8-19(22-12-16)28-14-15-4-3-11-25(13-15)20(27)17-5-1-2-6-18(17)26-23-9-10-24-26/h1-2,5-10,12,15H,3-4,11,13-14H2. The second-order valence-corrected chi connectivity index (χ2v) is 6.72. The van der Waals surface area contributed by atoms with Gasteiger partial charge in [-0.25, -0.2) is 9.37 Å². The first-order valence-electron chi connectivity index (χ1n) is 9.20. The molecule has 1 saturated heterocycles. The largest absolute Gasteiger partial charge is 0.477 e. The lowest BCUT2D eigenvalue weighted by Crippen LogP contribution is -2.42. The Morgan fingerprint density at radius 1 is 1.18 bits per heavy atom. The molecule has 1 aliphatic rings. The van der Waals surface area contributed by atoms with Crippen LogP contribution in [-0.4, -0.2) is 50.5 Å². The summed E-state index contributed by atoms with van der Waals surface area (Å²) in [6.07, 6.45) is 6.16. The van der Waals surface area contributed by atoms with Crippen LogP contribution >= 0.6 is 0 Å². The fraction of sp³-hybridized carbons (Fsp3) is 0.300. The topological polar surface area (TPSA) is 73.1 Å². The molecule has 1 unspecified atom stereocenters.